The Labute approximate surface area is 123 Å². The molecule has 7 nitrogen and oxygen atoms in total. The molecule has 2 heterocycles. The normalized spacial score (nSPS) is 20.6. The van der Waals surface area contributed by atoms with E-state index in [1.807, 2.05) is 0 Å². The monoisotopic (exact) mass is 291 g/mol. The predicted molar refractivity (Wildman–Crippen MR) is 76.5 cm³/mol. The number of nitrogens with zero attached hydrogens (tertiary/aromatic N) is 1. The standard InChI is InChI=1S/C14H21N5O2/c15-13(21)14(5-2-1-3-6-14)17-12(20)11-9-8-16-7-4-10(9)18-19-11/h16H,1-8H2,(H2,15,21)(H,17,20)(H,18,19). The molecule has 5 N–H and O–H groups in total. The van der Waals surface area contributed by atoms with Crippen LogP contribution in [0.5, 0.6) is 0 Å². The number of hydrogen-bond acceptors (Lipinski definition) is 4. The molecule has 1 aliphatic heterocycles. The Bertz CT molecular complexity index is 560. The molecule has 7 heteroatoms. The Balaban J connectivity index is 1.82. The highest BCUT2D eigenvalue weighted by molar-refractivity contribution is 5.98. The fourth-order valence-electron chi connectivity index (χ4n) is 3.28. The molecule has 0 spiro atoms. The highest BCUT2D eigenvalue weighted by atomic mass is 16.2. The zero-order valence-electron chi connectivity index (χ0n) is 12.0. The van der Waals surface area contributed by atoms with Gasteiger partial charge in [-0.3, -0.25) is 14.7 Å². The van der Waals surface area contributed by atoms with Crippen molar-refractivity contribution < 1.29 is 9.59 Å². The van der Waals surface area contributed by atoms with Crippen LogP contribution in [-0.4, -0.2) is 34.1 Å². The van der Waals surface area contributed by atoms with Crippen molar-refractivity contribution in [3.05, 3.63) is 17.0 Å². The average Bonchev–Trinajstić information content (AvgIpc) is 2.92. The summed E-state index contributed by atoms with van der Waals surface area (Å²) in [7, 11) is 0. The topological polar surface area (TPSA) is 113 Å². The maximum atomic E-state index is 12.5. The van der Waals surface area contributed by atoms with Crippen LogP contribution in [0, 0.1) is 0 Å². The number of H-pyrrole nitrogens is 1. The van der Waals surface area contributed by atoms with E-state index in [9.17, 15) is 9.59 Å². The minimum Gasteiger partial charge on any atom is -0.368 e. The molecule has 1 aliphatic carbocycles. The van der Waals surface area contributed by atoms with E-state index in [1.54, 1.807) is 0 Å². The molecule has 0 unspecified atom stereocenters. The third-order valence-corrected chi connectivity index (χ3v) is 4.55. The van der Waals surface area contributed by atoms with Crippen molar-refractivity contribution in [2.45, 2.75) is 50.6 Å². The van der Waals surface area contributed by atoms with Crippen LogP contribution in [0.25, 0.3) is 0 Å². The molecule has 21 heavy (non-hydrogen) atoms. The summed E-state index contributed by atoms with van der Waals surface area (Å²) in [6.07, 6.45) is 4.94. The molecular weight excluding hydrogens is 270 g/mol. The van der Waals surface area contributed by atoms with Gasteiger partial charge in [-0.2, -0.15) is 5.10 Å². The highest BCUT2D eigenvalue weighted by Crippen LogP contribution is 2.28. The Kier molecular flexibility index (Phi) is 3.67. The van der Waals surface area contributed by atoms with Gasteiger partial charge in [0.1, 0.15) is 5.54 Å². The van der Waals surface area contributed by atoms with Crippen LogP contribution in [0.15, 0.2) is 0 Å². The molecule has 1 saturated carbocycles. The van der Waals surface area contributed by atoms with Crippen molar-refractivity contribution >= 4 is 11.8 Å². The maximum absolute atomic E-state index is 12.5. The summed E-state index contributed by atoms with van der Waals surface area (Å²) in [5, 5.41) is 13.1. The number of fused-ring (bicyclic) bond motifs is 1. The molecule has 0 bridgehead atoms. The second-order valence-electron chi connectivity index (χ2n) is 5.92. The molecule has 0 atom stereocenters. The average molecular weight is 291 g/mol. The smallest absolute Gasteiger partial charge is 0.272 e. The largest absolute Gasteiger partial charge is 0.368 e. The molecule has 2 amide bonds. The predicted octanol–water partition coefficient (Wildman–Crippen LogP) is -0.0266. The second-order valence-corrected chi connectivity index (χ2v) is 5.92. The van der Waals surface area contributed by atoms with Crippen molar-refractivity contribution in [3.8, 4) is 0 Å². The number of amides is 2. The fourth-order valence-corrected chi connectivity index (χ4v) is 3.28. The van der Waals surface area contributed by atoms with Crippen LogP contribution in [0.4, 0.5) is 0 Å². The van der Waals surface area contributed by atoms with Gasteiger partial charge in [-0.25, -0.2) is 0 Å². The number of carbonyl (C=O) groups is 2. The van der Waals surface area contributed by atoms with Gasteiger partial charge in [-0.15, -0.1) is 0 Å². The first-order valence-electron chi connectivity index (χ1n) is 7.52. The molecule has 1 aromatic rings. The summed E-state index contributed by atoms with van der Waals surface area (Å²) in [6, 6.07) is 0. The number of rotatable bonds is 3. The quantitative estimate of drug-likeness (QED) is 0.626. The third-order valence-electron chi connectivity index (χ3n) is 4.55. The lowest BCUT2D eigenvalue weighted by atomic mass is 9.81. The van der Waals surface area contributed by atoms with Gasteiger partial charge in [0.15, 0.2) is 5.69 Å². The summed E-state index contributed by atoms with van der Waals surface area (Å²) < 4.78 is 0. The van der Waals surface area contributed by atoms with E-state index in [0.717, 1.165) is 43.5 Å². The third kappa shape index (κ3) is 2.53. The highest BCUT2D eigenvalue weighted by Gasteiger charge is 2.40. The molecule has 0 aromatic carbocycles. The number of aromatic amines is 1. The van der Waals surface area contributed by atoms with Gasteiger partial charge < -0.3 is 16.4 Å². The lowest BCUT2D eigenvalue weighted by molar-refractivity contribution is -0.125. The summed E-state index contributed by atoms with van der Waals surface area (Å²) in [5.74, 6) is -0.755. The van der Waals surface area contributed by atoms with E-state index in [0.29, 0.717) is 25.1 Å². The van der Waals surface area contributed by atoms with Gasteiger partial charge >= 0.3 is 0 Å². The first-order valence-corrected chi connectivity index (χ1v) is 7.52. The first kappa shape index (κ1) is 14.1. The number of primary amides is 1. The van der Waals surface area contributed by atoms with Gasteiger partial charge in [0.05, 0.1) is 0 Å². The zero-order valence-corrected chi connectivity index (χ0v) is 12.0. The molecule has 1 aromatic heterocycles. The van der Waals surface area contributed by atoms with Crippen molar-refractivity contribution in [3.63, 3.8) is 0 Å². The number of hydrogen-bond donors (Lipinski definition) is 4. The molecule has 114 valence electrons. The summed E-state index contributed by atoms with van der Waals surface area (Å²) in [6.45, 7) is 1.50. The number of nitrogens with two attached hydrogens (primary N) is 1. The first-order chi connectivity index (χ1) is 10.1. The van der Waals surface area contributed by atoms with E-state index in [-0.39, 0.29) is 5.91 Å². The van der Waals surface area contributed by atoms with Gasteiger partial charge in [-0.05, 0) is 12.8 Å². The van der Waals surface area contributed by atoms with Crippen molar-refractivity contribution in [1.82, 2.24) is 20.8 Å². The van der Waals surface area contributed by atoms with E-state index >= 15 is 0 Å². The number of nitrogens with one attached hydrogen (secondary N) is 3. The molecule has 1 fully saturated rings. The zero-order chi connectivity index (χ0) is 14.9. The van der Waals surface area contributed by atoms with Crippen LogP contribution in [-0.2, 0) is 17.8 Å². The summed E-state index contributed by atoms with van der Waals surface area (Å²) >= 11 is 0. The van der Waals surface area contributed by atoms with Crippen LogP contribution in [0.2, 0.25) is 0 Å². The maximum Gasteiger partial charge on any atom is 0.272 e. The van der Waals surface area contributed by atoms with Gasteiger partial charge in [0, 0.05) is 30.8 Å². The Morgan fingerprint density at radius 2 is 2.00 bits per heavy atom. The van der Waals surface area contributed by atoms with E-state index in [2.05, 4.69) is 20.8 Å². The van der Waals surface area contributed by atoms with E-state index in [1.165, 1.54) is 0 Å². The lowest BCUT2D eigenvalue weighted by Crippen LogP contribution is -2.58. The van der Waals surface area contributed by atoms with E-state index < -0.39 is 11.4 Å². The fraction of sp³-hybridized carbons (Fsp3) is 0.643. The number of carbonyl (C=O) groups excluding carboxylic acids is 2. The van der Waals surface area contributed by atoms with Crippen molar-refractivity contribution in [2.75, 3.05) is 6.54 Å². The van der Waals surface area contributed by atoms with Gasteiger partial charge in [-0.1, -0.05) is 19.3 Å². The molecule has 3 rings (SSSR count). The van der Waals surface area contributed by atoms with Gasteiger partial charge in [0.2, 0.25) is 5.91 Å². The SMILES string of the molecule is NC(=O)C1(NC(=O)c2n[nH]c3c2CNCC3)CCCCC1. The molecular formula is C14H21N5O2. The van der Waals surface area contributed by atoms with E-state index in [4.69, 9.17) is 5.73 Å². The minimum atomic E-state index is -0.913. The number of aromatic nitrogens is 2. The van der Waals surface area contributed by atoms with Crippen LogP contribution in [0.3, 0.4) is 0 Å². The Morgan fingerprint density at radius 3 is 2.71 bits per heavy atom. The Morgan fingerprint density at radius 1 is 1.24 bits per heavy atom. The van der Waals surface area contributed by atoms with Crippen LogP contribution in [0.1, 0.15) is 53.8 Å². The lowest BCUT2D eigenvalue weighted by Gasteiger charge is -2.34. The van der Waals surface area contributed by atoms with Crippen LogP contribution >= 0.6 is 0 Å². The molecule has 0 radical (unpaired) electrons. The van der Waals surface area contributed by atoms with Crippen molar-refractivity contribution in [2.24, 2.45) is 5.73 Å². The van der Waals surface area contributed by atoms with Crippen LogP contribution < -0.4 is 16.4 Å². The Hall–Kier alpha value is -1.89. The summed E-state index contributed by atoms with van der Waals surface area (Å²) in [4.78, 5) is 24.4. The van der Waals surface area contributed by atoms with Crippen molar-refractivity contribution in [1.29, 1.82) is 0 Å². The molecule has 2 aliphatic rings. The second kappa shape index (κ2) is 5.48. The minimum absolute atomic E-state index is 0.308. The summed E-state index contributed by atoms with van der Waals surface area (Å²) in [5.41, 5.74) is 6.91. The van der Waals surface area contributed by atoms with Gasteiger partial charge in [0.25, 0.3) is 5.91 Å². The molecule has 0 saturated heterocycles.